The van der Waals surface area contributed by atoms with Crippen molar-refractivity contribution < 1.29 is 18.3 Å². The van der Waals surface area contributed by atoms with Gasteiger partial charge in [0.15, 0.2) is 11.5 Å². The highest BCUT2D eigenvalue weighted by molar-refractivity contribution is 6.34. The molecular weight excluding hydrogens is 252 g/mol. The molecule has 0 aliphatic heterocycles. The Balaban J connectivity index is 2.70. The van der Waals surface area contributed by atoms with Crippen LogP contribution < -0.4 is 9.47 Å². The van der Waals surface area contributed by atoms with Crippen LogP contribution in [-0.2, 0) is 0 Å². The van der Waals surface area contributed by atoms with Crippen LogP contribution in [0.3, 0.4) is 0 Å². The second-order valence-electron chi connectivity index (χ2n) is 3.17. The van der Waals surface area contributed by atoms with Crippen LogP contribution in [0.15, 0.2) is 24.4 Å². The number of aromatic nitrogens is 1. The maximum absolute atomic E-state index is 12.3. The van der Waals surface area contributed by atoms with Crippen LogP contribution in [-0.4, -0.2) is 18.7 Å². The number of ether oxygens (including phenoxy) is 2. The van der Waals surface area contributed by atoms with Gasteiger partial charge in [0.1, 0.15) is 5.15 Å². The number of alkyl halides is 2. The van der Waals surface area contributed by atoms with E-state index in [2.05, 4.69) is 9.72 Å². The second kappa shape index (κ2) is 4.71. The first-order chi connectivity index (χ1) is 8.13. The first-order valence-corrected chi connectivity index (χ1v) is 5.07. The van der Waals surface area contributed by atoms with Gasteiger partial charge in [0, 0.05) is 17.0 Å². The summed E-state index contributed by atoms with van der Waals surface area (Å²) >= 11 is 5.87. The lowest BCUT2D eigenvalue weighted by atomic mass is 10.1. The van der Waals surface area contributed by atoms with Gasteiger partial charge in [-0.15, -0.1) is 0 Å². The molecule has 1 aromatic heterocycles. The highest BCUT2D eigenvalue weighted by Gasteiger charge is 2.15. The molecule has 1 heterocycles. The third kappa shape index (κ3) is 2.24. The van der Waals surface area contributed by atoms with E-state index in [0.29, 0.717) is 10.8 Å². The van der Waals surface area contributed by atoms with Crippen molar-refractivity contribution >= 4 is 22.4 Å². The molecule has 2 rings (SSSR count). The third-order valence-electron chi connectivity index (χ3n) is 2.24. The zero-order valence-corrected chi connectivity index (χ0v) is 9.54. The zero-order chi connectivity index (χ0) is 12.4. The van der Waals surface area contributed by atoms with Gasteiger partial charge >= 0.3 is 6.61 Å². The first-order valence-electron chi connectivity index (χ1n) is 4.69. The molecule has 1 aromatic carbocycles. The quantitative estimate of drug-likeness (QED) is 0.791. The van der Waals surface area contributed by atoms with Crippen LogP contribution in [0.1, 0.15) is 0 Å². The standard InChI is InChI=1S/C11H8ClF2NO2/c1-16-8-3-2-7-6(4-5-15-10(7)12)9(8)17-11(13)14/h2-5,11H,1H3. The predicted octanol–water partition coefficient (Wildman–Crippen LogP) is 3.50. The summed E-state index contributed by atoms with van der Waals surface area (Å²) in [5.74, 6) is 0.185. The Morgan fingerprint density at radius 1 is 1.24 bits per heavy atom. The fourth-order valence-corrected chi connectivity index (χ4v) is 1.76. The minimum absolute atomic E-state index is 0.0377. The van der Waals surface area contributed by atoms with Crippen molar-refractivity contribution in [3.8, 4) is 11.5 Å². The molecule has 0 saturated carbocycles. The second-order valence-corrected chi connectivity index (χ2v) is 3.53. The van der Waals surface area contributed by atoms with Gasteiger partial charge in [-0.25, -0.2) is 4.98 Å². The number of halogens is 3. The van der Waals surface area contributed by atoms with Gasteiger partial charge in [0.2, 0.25) is 0 Å². The molecule has 6 heteroatoms. The van der Waals surface area contributed by atoms with Gasteiger partial charge in [-0.1, -0.05) is 11.6 Å². The molecule has 0 amide bonds. The van der Waals surface area contributed by atoms with Crippen molar-refractivity contribution in [1.82, 2.24) is 4.98 Å². The molecule has 0 bridgehead atoms. The Hall–Kier alpha value is -1.62. The average molecular weight is 260 g/mol. The maximum atomic E-state index is 12.3. The van der Waals surface area contributed by atoms with Gasteiger partial charge in [-0.05, 0) is 18.2 Å². The van der Waals surface area contributed by atoms with Crippen LogP contribution in [0.25, 0.3) is 10.8 Å². The van der Waals surface area contributed by atoms with Gasteiger partial charge < -0.3 is 9.47 Å². The summed E-state index contributed by atoms with van der Waals surface area (Å²) in [4.78, 5) is 3.86. The lowest BCUT2D eigenvalue weighted by Gasteiger charge is -2.12. The summed E-state index contributed by atoms with van der Waals surface area (Å²) in [6.07, 6.45) is 1.42. The van der Waals surface area contributed by atoms with Crippen LogP contribution >= 0.6 is 11.6 Å². The van der Waals surface area contributed by atoms with Crippen LogP contribution in [0.2, 0.25) is 5.15 Å². The molecule has 3 nitrogen and oxygen atoms in total. The highest BCUT2D eigenvalue weighted by atomic mass is 35.5. The van der Waals surface area contributed by atoms with Gasteiger partial charge in [0.05, 0.1) is 7.11 Å². The van der Waals surface area contributed by atoms with Crippen molar-refractivity contribution in [2.45, 2.75) is 6.61 Å². The normalized spacial score (nSPS) is 10.9. The Bertz CT molecular complexity index is 548. The van der Waals surface area contributed by atoms with Gasteiger partial charge in [-0.3, -0.25) is 0 Å². The molecule has 0 radical (unpaired) electrons. The Morgan fingerprint density at radius 3 is 2.65 bits per heavy atom. The number of rotatable bonds is 3. The largest absolute Gasteiger partial charge is 0.493 e. The van der Waals surface area contributed by atoms with E-state index in [1.54, 1.807) is 12.1 Å². The zero-order valence-electron chi connectivity index (χ0n) is 8.78. The topological polar surface area (TPSA) is 31.4 Å². The van der Waals surface area contributed by atoms with Gasteiger partial charge in [0.25, 0.3) is 0 Å². The minimum Gasteiger partial charge on any atom is -0.493 e. The maximum Gasteiger partial charge on any atom is 0.387 e. The molecule has 90 valence electrons. The molecule has 0 atom stereocenters. The summed E-state index contributed by atoms with van der Waals surface area (Å²) < 4.78 is 34.1. The number of fused-ring (bicyclic) bond motifs is 1. The van der Waals surface area contributed by atoms with E-state index < -0.39 is 6.61 Å². The molecule has 17 heavy (non-hydrogen) atoms. The summed E-state index contributed by atoms with van der Waals surface area (Å²) in [5, 5.41) is 1.19. The van der Waals surface area contributed by atoms with Crippen molar-refractivity contribution in [3.63, 3.8) is 0 Å². The minimum atomic E-state index is -2.93. The summed E-state index contributed by atoms with van der Waals surface area (Å²) in [6, 6.07) is 4.69. The number of methoxy groups -OCH3 is 1. The lowest BCUT2D eigenvalue weighted by molar-refractivity contribution is -0.0501. The van der Waals surface area contributed by atoms with E-state index >= 15 is 0 Å². The third-order valence-corrected chi connectivity index (χ3v) is 2.54. The molecule has 0 spiro atoms. The van der Waals surface area contributed by atoms with Crippen molar-refractivity contribution in [2.75, 3.05) is 7.11 Å². The molecule has 0 saturated heterocycles. The number of pyridine rings is 1. The number of benzene rings is 1. The molecule has 0 fully saturated rings. The number of hydrogen-bond acceptors (Lipinski definition) is 3. The summed E-state index contributed by atoms with van der Waals surface area (Å²) in [5.41, 5.74) is 0. The van der Waals surface area contributed by atoms with E-state index in [-0.39, 0.29) is 16.7 Å². The SMILES string of the molecule is COc1ccc2c(Cl)nccc2c1OC(F)F. The smallest absolute Gasteiger partial charge is 0.387 e. The summed E-state index contributed by atoms with van der Waals surface area (Å²) in [6.45, 7) is -2.93. The van der Waals surface area contributed by atoms with E-state index in [1.165, 1.54) is 19.4 Å². The first kappa shape index (κ1) is 11.9. The van der Waals surface area contributed by atoms with Crippen molar-refractivity contribution in [2.24, 2.45) is 0 Å². The number of nitrogens with zero attached hydrogens (tertiary/aromatic N) is 1. The Morgan fingerprint density at radius 2 is 2.00 bits per heavy atom. The predicted molar refractivity (Wildman–Crippen MR) is 59.9 cm³/mol. The molecular formula is C11H8ClF2NO2. The fraction of sp³-hybridized carbons (Fsp3) is 0.182. The molecule has 2 aromatic rings. The molecule has 0 aliphatic carbocycles. The van der Waals surface area contributed by atoms with E-state index in [4.69, 9.17) is 16.3 Å². The van der Waals surface area contributed by atoms with Crippen LogP contribution in [0.5, 0.6) is 11.5 Å². The lowest BCUT2D eigenvalue weighted by Crippen LogP contribution is -2.04. The van der Waals surface area contributed by atoms with Crippen molar-refractivity contribution in [1.29, 1.82) is 0 Å². The summed E-state index contributed by atoms with van der Waals surface area (Å²) in [7, 11) is 1.38. The van der Waals surface area contributed by atoms with E-state index in [9.17, 15) is 8.78 Å². The molecule has 0 aliphatic rings. The Kier molecular flexibility index (Phi) is 3.28. The molecule has 0 unspecified atom stereocenters. The molecule has 0 N–H and O–H groups in total. The van der Waals surface area contributed by atoms with Crippen LogP contribution in [0.4, 0.5) is 8.78 Å². The van der Waals surface area contributed by atoms with E-state index in [1.807, 2.05) is 0 Å². The average Bonchev–Trinajstić information content (AvgIpc) is 2.29. The van der Waals surface area contributed by atoms with E-state index in [0.717, 1.165) is 0 Å². The fourth-order valence-electron chi connectivity index (χ4n) is 1.54. The van der Waals surface area contributed by atoms with Crippen LogP contribution in [0, 0.1) is 0 Å². The highest BCUT2D eigenvalue weighted by Crippen LogP contribution is 2.38. The monoisotopic (exact) mass is 259 g/mol. The number of hydrogen-bond donors (Lipinski definition) is 0. The Labute approximate surface area is 101 Å². The van der Waals surface area contributed by atoms with Gasteiger partial charge in [-0.2, -0.15) is 8.78 Å². The van der Waals surface area contributed by atoms with Crippen molar-refractivity contribution in [3.05, 3.63) is 29.5 Å².